The van der Waals surface area contributed by atoms with Crippen LogP contribution in [0.2, 0.25) is 0 Å². The summed E-state index contributed by atoms with van der Waals surface area (Å²) in [7, 11) is 0. The molecular weight excluding hydrogens is 412 g/mol. The molecule has 0 aliphatic heterocycles. The molecule has 0 N–H and O–H groups in total. The van der Waals surface area contributed by atoms with Gasteiger partial charge in [-0.05, 0) is 12.2 Å². The fourth-order valence-corrected chi connectivity index (χ4v) is 1.15. The van der Waals surface area contributed by atoms with Gasteiger partial charge in [0.25, 0.3) is 0 Å². The summed E-state index contributed by atoms with van der Waals surface area (Å²) in [5.74, 6) is -21.2. The molecule has 0 rings (SSSR count). The second kappa shape index (κ2) is 5.82. The zero-order chi connectivity index (χ0) is 20.9. The SMILES string of the molecule is FC(F)(F)C(F)(F)C=CC(F)(F)C(F)(F)C(F)(C(F)(F)F)C(F)(F)F. The molecule has 0 nitrogen and oxygen atoms in total. The van der Waals surface area contributed by atoms with Gasteiger partial charge >= 0.3 is 42.0 Å². The maximum atomic E-state index is 13.0. The molecule has 16 heteroatoms. The van der Waals surface area contributed by atoms with Crippen molar-refractivity contribution in [2.75, 3.05) is 0 Å². The summed E-state index contributed by atoms with van der Waals surface area (Å²) < 4.78 is 196. The molecule has 0 radical (unpaired) electrons. The van der Waals surface area contributed by atoms with Gasteiger partial charge in [-0.2, -0.15) is 65.9 Å². The Kier molecular flexibility index (Phi) is 5.50. The summed E-state index contributed by atoms with van der Waals surface area (Å²) in [6.07, 6.45) is -26.5. The van der Waals surface area contributed by atoms with Crippen LogP contribution in [-0.2, 0) is 0 Å². The quantitative estimate of drug-likeness (QED) is 0.401. The molecule has 0 spiro atoms. The van der Waals surface area contributed by atoms with Gasteiger partial charge in [-0.15, -0.1) is 0 Å². The minimum absolute atomic E-state index is 2.12. The van der Waals surface area contributed by atoms with Crippen LogP contribution < -0.4 is 0 Å². The third-order valence-corrected chi connectivity index (χ3v) is 2.51. The number of hydrogen-bond acceptors (Lipinski definition) is 0. The van der Waals surface area contributed by atoms with E-state index in [2.05, 4.69) is 0 Å². The van der Waals surface area contributed by atoms with E-state index in [0.717, 1.165) is 0 Å². The van der Waals surface area contributed by atoms with Crippen molar-refractivity contribution in [3.63, 3.8) is 0 Å². The van der Waals surface area contributed by atoms with Gasteiger partial charge in [0.05, 0.1) is 0 Å². The molecule has 0 aromatic rings. The number of alkyl halides is 16. The minimum Gasteiger partial charge on any atom is -0.216 e. The standard InChI is InChI=1S/C9H2F16/c10-3(11,1-2-4(12,13)7(17,18)19)6(15,16)5(14,8(20,21)22)9(23,24)25/h1-2H. The molecule has 0 aliphatic carbocycles. The van der Waals surface area contributed by atoms with E-state index in [9.17, 15) is 70.2 Å². The second-order valence-corrected chi connectivity index (χ2v) is 4.31. The Morgan fingerprint density at radius 2 is 0.640 bits per heavy atom. The van der Waals surface area contributed by atoms with E-state index < -0.39 is 54.1 Å². The molecule has 0 atom stereocenters. The van der Waals surface area contributed by atoms with E-state index in [0.29, 0.717) is 0 Å². The van der Waals surface area contributed by atoms with Crippen molar-refractivity contribution in [1.82, 2.24) is 0 Å². The molecule has 0 aliphatic rings. The third-order valence-electron chi connectivity index (χ3n) is 2.51. The van der Waals surface area contributed by atoms with Crippen molar-refractivity contribution >= 4 is 0 Å². The molecule has 0 aromatic carbocycles. The molecule has 0 fully saturated rings. The number of rotatable bonds is 4. The Labute approximate surface area is 126 Å². The van der Waals surface area contributed by atoms with Gasteiger partial charge in [0.1, 0.15) is 0 Å². The maximum Gasteiger partial charge on any atom is 0.457 e. The zero-order valence-corrected chi connectivity index (χ0v) is 10.7. The van der Waals surface area contributed by atoms with Crippen LogP contribution in [-0.4, -0.2) is 42.0 Å². The number of halogens is 16. The topological polar surface area (TPSA) is 0 Å². The monoisotopic (exact) mass is 414 g/mol. The lowest BCUT2D eigenvalue weighted by molar-refractivity contribution is -0.420. The molecule has 25 heavy (non-hydrogen) atoms. The third kappa shape index (κ3) is 3.75. The van der Waals surface area contributed by atoms with Gasteiger partial charge in [-0.3, -0.25) is 0 Å². The Balaban J connectivity index is 6.30. The van der Waals surface area contributed by atoms with Crippen LogP contribution in [0.1, 0.15) is 0 Å². The summed E-state index contributed by atoms with van der Waals surface area (Å²) in [6, 6.07) is 0. The lowest BCUT2D eigenvalue weighted by atomic mass is 9.90. The summed E-state index contributed by atoms with van der Waals surface area (Å²) in [5, 5.41) is 0. The van der Waals surface area contributed by atoms with Crippen molar-refractivity contribution < 1.29 is 70.2 Å². The highest BCUT2D eigenvalue weighted by Gasteiger charge is 2.89. The van der Waals surface area contributed by atoms with Crippen molar-refractivity contribution in [3.8, 4) is 0 Å². The summed E-state index contributed by atoms with van der Waals surface area (Å²) in [5.41, 5.74) is -7.95. The predicted octanol–water partition coefficient (Wildman–Crippen LogP) is 5.84. The average Bonchev–Trinajstić information content (AvgIpc) is 2.31. The average molecular weight is 414 g/mol. The largest absolute Gasteiger partial charge is 0.457 e. The normalized spacial score (nSPS) is 16.6. The van der Waals surface area contributed by atoms with E-state index >= 15 is 0 Å². The zero-order valence-electron chi connectivity index (χ0n) is 10.7. The van der Waals surface area contributed by atoms with Gasteiger partial charge in [-0.1, -0.05) is 0 Å². The van der Waals surface area contributed by atoms with E-state index in [4.69, 9.17) is 0 Å². The molecular formula is C9H2F16. The Morgan fingerprint density at radius 3 is 0.880 bits per heavy atom. The number of allylic oxidation sites excluding steroid dienone is 2. The van der Waals surface area contributed by atoms with Crippen LogP contribution in [0.4, 0.5) is 70.2 Å². The molecule has 0 unspecified atom stereocenters. The van der Waals surface area contributed by atoms with E-state index in [1.54, 1.807) is 0 Å². The lowest BCUT2D eigenvalue weighted by Crippen LogP contribution is -2.69. The van der Waals surface area contributed by atoms with Crippen molar-refractivity contribution in [1.29, 1.82) is 0 Å². The Bertz CT molecular complexity index is 485. The first-order chi connectivity index (χ1) is 10.5. The van der Waals surface area contributed by atoms with Gasteiger partial charge in [0.2, 0.25) is 0 Å². The number of hydrogen-bond donors (Lipinski definition) is 0. The molecule has 0 bridgehead atoms. The summed E-state index contributed by atoms with van der Waals surface area (Å²) >= 11 is 0. The van der Waals surface area contributed by atoms with Crippen LogP contribution in [0.25, 0.3) is 0 Å². The Morgan fingerprint density at radius 1 is 0.360 bits per heavy atom. The summed E-state index contributed by atoms with van der Waals surface area (Å²) in [6.45, 7) is 0. The van der Waals surface area contributed by atoms with Crippen molar-refractivity contribution in [2.24, 2.45) is 0 Å². The molecule has 0 saturated heterocycles. The van der Waals surface area contributed by atoms with E-state index in [1.807, 2.05) is 0 Å². The first-order valence-electron chi connectivity index (χ1n) is 5.18. The van der Waals surface area contributed by atoms with Crippen molar-refractivity contribution in [3.05, 3.63) is 12.2 Å². The second-order valence-electron chi connectivity index (χ2n) is 4.31. The van der Waals surface area contributed by atoms with Gasteiger partial charge in [-0.25, -0.2) is 4.39 Å². The molecule has 0 amide bonds. The van der Waals surface area contributed by atoms with Crippen LogP contribution in [0.3, 0.4) is 0 Å². The lowest BCUT2D eigenvalue weighted by Gasteiger charge is -2.38. The predicted molar refractivity (Wildman–Crippen MR) is 46.0 cm³/mol. The van der Waals surface area contributed by atoms with Crippen LogP contribution >= 0.6 is 0 Å². The van der Waals surface area contributed by atoms with Gasteiger partial charge < -0.3 is 0 Å². The first-order valence-corrected chi connectivity index (χ1v) is 5.18. The molecule has 0 heterocycles. The van der Waals surface area contributed by atoms with Crippen LogP contribution in [0.15, 0.2) is 12.2 Å². The van der Waals surface area contributed by atoms with Gasteiger partial charge in [0, 0.05) is 0 Å². The highest BCUT2D eigenvalue weighted by molar-refractivity contribution is 5.18. The maximum absolute atomic E-state index is 13.0. The first kappa shape index (κ1) is 23.6. The smallest absolute Gasteiger partial charge is 0.216 e. The Hall–Kier alpha value is -1.38. The van der Waals surface area contributed by atoms with E-state index in [-0.39, 0.29) is 0 Å². The fourth-order valence-electron chi connectivity index (χ4n) is 1.15. The molecule has 0 aromatic heterocycles. The molecule has 150 valence electrons. The van der Waals surface area contributed by atoms with Crippen LogP contribution in [0.5, 0.6) is 0 Å². The summed E-state index contributed by atoms with van der Waals surface area (Å²) in [4.78, 5) is 0. The van der Waals surface area contributed by atoms with Gasteiger partial charge in [0.15, 0.2) is 0 Å². The van der Waals surface area contributed by atoms with Crippen molar-refractivity contribution in [2.45, 2.75) is 42.0 Å². The molecule has 0 saturated carbocycles. The van der Waals surface area contributed by atoms with E-state index in [1.165, 1.54) is 0 Å². The fraction of sp³-hybridized carbons (Fsp3) is 0.778. The van der Waals surface area contributed by atoms with Crippen LogP contribution in [0, 0.1) is 0 Å². The highest BCUT2D eigenvalue weighted by Crippen LogP contribution is 2.59. The highest BCUT2D eigenvalue weighted by atomic mass is 19.4. The minimum atomic E-state index is -7.95.